The normalized spacial score (nSPS) is 21.8. The van der Waals surface area contributed by atoms with Crippen LogP contribution in [0.1, 0.15) is 5.56 Å². The fourth-order valence-corrected chi connectivity index (χ4v) is 4.02. The third-order valence-corrected chi connectivity index (χ3v) is 5.90. The monoisotopic (exact) mass is 418 g/mol. The van der Waals surface area contributed by atoms with Gasteiger partial charge < -0.3 is 19.7 Å². The Morgan fingerprint density at radius 2 is 1.87 bits per heavy atom. The van der Waals surface area contributed by atoms with Crippen LogP contribution in [0.3, 0.4) is 0 Å². The van der Waals surface area contributed by atoms with Crippen LogP contribution in [0.2, 0.25) is 0 Å². The second-order valence-corrected chi connectivity index (χ2v) is 7.84. The molecule has 0 radical (unpaired) electrons. The highest BCUT2D eigenvalue weighted by Gasteiger charge is 2.47. The number of hydrogen-bond acceptors (Lipinski definition) is 6. The van der Waals surface area contributed by atoms with Crippen molar-refractivity contribution in [1.82, 2.24) is 5.32 Å². The van der Waals surface area contributed by atoms with E-state index in [9.17, 15) is 9.59 Å². The van der Waals surface area contributed by atoms with Crippen LogP contribution in [0.5, 0.6) is 5.75 Å². The first kappa shape index (κ1) is 19.4. The Balaban J connectivity index is 1.31. The molecule has 0 saturated carbocycles. The average molecular weight is 418 g/mol. The summed E-state index contributed by atoms with van der Waals surface area (Å²) in [5, 5.41) is 2.77. The topological polar surface area (TPSA) is 92.6 Å². The highest BCUT2D eigenvalue weighted by molar-refractivity contribution is 6.43. The third-order valence-electron chi connectivity index (χ3n) is 5.90. The van der Waals surface area contributed by atoms with Crippen molar-refractivity contribution in [3.63, 3.8) is 0 Å². The van der Waals surface area contributed by atoms with Gasteiger partial charge in [0.2, 0.25) is 0 Å². The van der Waals surface area contributed by atoms with Gasteiger partial charge in [0.05, 0.1) is 25.4 Å². The van der Waals surface area contributed by atoms with E-state index in [4.69, 9.17) is 9.47 Å². The smallest absolute Gasteiger partial charge is 0.268 e. The summed E-state index contributed by atoms with van der Waals surface area (Å²) in [6, 6.07) is 16.4. The standard InChI is InChI=1S/C23H22N4O4/c1-27-18-9-5-6-10-19(18)31-12-17(21(27)29)25-20(28)16-11-24-22(26-16)23(13-30-14-23)15-7-3-2-4-8-15/h2-10,17H,11-14H2,1H3,(H,25,28)/t17-/m0/s1. The fraction of sp³-hybridized carbons (Fsp3) is 0.304. The minimum absolute atomic E-state index is 0.0503. The molecule has 2 amide bonds. The molecular weight excluding hydrogens is 396 g/mol. The van der Waals surface area contributed by atoms with Crippen LogP contribution in [0.25, 0.3) is 0 Å². The summed E-state index contributed by atoms with van der Waals surface area (Å²) in [4.78, 5) is 36.3. The summed E-state index contributed by atoms with van der Waals surface area (Å²) in [7, 11) is 1.67. The van der Waals surface area contributed by atoms with Gasteiger partial charge in [-0.15, -0.1) is 0 Å². The number of benzene rings is 2. The van der Waals surface area contributed by atoms with Crippen molar-refractivity contribution in [2.24, 2.45) is 9.98 Å². The molecule has 31 heavy (non-hydrogen) atoms. The SMILES string of the molecule is CN1C(=O)[C@@H](NC(=O)C2=NC(C3(c4ccccc4)COC3)=NC2)COc2ccccc21. The largest absolute Gasteiger partial charge is 0.489 e. The zero-order chi connectivity index (χ0) is 21.4. The molecule has 1 N–H and O–H groups in total. The van der Waals surface area contributed by atoms with E-state index >= 15 is 0 Å². The number of nitrogens with zero attached hydrogens (tertiary/aromatic N) is 3. The lowest BCUT2D eigenvalue weighted by atomic mass is 9.77. The van der Waals surface area contributed by atoms with Crippen molar-refractivity contribution < 1.29 is 19.1 Å². The highest BCUT2D eigenvalue weighted by Crippen LogP contribution is 2.35. The fourth-order valence-electron chi connectivity index (χ4n) is 4.02. The second-order valence-electron chi connectivity index (χ2n) is 7.84. The summed E-state index contributed by atoms with van der Waals surface area (Å²) >= 11 is 0. The number of rotatable bonds is 4. The Bertz CT molecular complexity index is 1090. The molecule has 3 heterocycles. The van der Waals surface area contributed by atoms with E-state index in [0.717, 1.165) is 5.56 Å². The number of fused-ring (bicyclic) bond motifs is 1. The van der Waals surface area contributed by atoms with Crippen LogP contribution in [0.4, 0.5) is 5.69 Å². The van der Waals surface area contributed by atoms with Gasteiger partial charge >= 0.3 is 0 Å². The first-order chi connectivity index (χ1) is 15.1. The molecule has 8 heteroatoms. The van der Waals surface area contributed by atoms with E-state index in [1.54, 1.807) is 13.1 Å². The number of ether oxygens (including phenoxy) is 2. The average Bonchev–Trinajstić information content (AvgIpc) is 3.22. The number of anilines is 1. The van der Waals surface area contributed by atoms with E-state index in [2.05, 4.69) is 15.3 Å². The Morgan fingerprint density at radius 1 is 1.13 bits per heavy atom. The molecule has 158 valence electrons. The van der Waals surface area contributed by atoms with Crippen LogP contribution in [0, 0.1) is 0 Å². The van der Waals surface area contributed by atoms with Crippen LogP contribution >= 0.6 is 0 Å². The van der Waals surface area contributed by atoms with E-state index in [1.165, 1.54) is 4.90 Å². The van der Waals surface area contributed by atoms with Gasteiger partial charge in [0.1, 0.15) is 35.4 Å². The minimum atomic E-state index is -0.813. The Labute approximate surface area is 179 Å². The Hall–Kier alpha value is -3.52. The zero-order valence-corrected chi connectivity index (χ0v) is 17.1. The van der Waals surface area contributed by atoms with Crippen molar-refractivity contribution in [3.05, 3.63) is 60.2 Å². The molecule has 0 spiro atoms. The summed E-state index contributed by atoms with van der Waals surface area (Å²) < 4.78 is 11.2. The molecule has 0 unspecified atom stereocenters. The number of hydrogen-bond donors (Lipinski definition) is 1. The molecule has 0 aliphatic carbocycles. The third kappa shape index (κ3) is 3.29. The number of carbonyl (C=O) groups excluding carboxylic acids is 2. The molecule has 2 aromatic carbocycles. The summed E-state index contributed by atoms with van der Waals surface area (Å²) in [5.41, 5.74) is 1.60. The maximum Gasteiger partial charge on any atom is 0.268 e. The van der Waals surface area contributed by atoms with E-state index in [0.29, 0.717) is 30.5 Å². The number of likely N-dealkylation sites (N-methyl/N-ethyl adjacent to an activating group) is 1. The van der Waals surface area contributed by atoms with Crippen LogP contribution in [0.15, 0.2) is 64.6 Å². The molecule has 1 atom stereocenters. The number of amidine groups is 1. The molecule has 1 fully saturated rings. The lowest BCUT2D eigenvalue weighted by Gasteiger charge is -2.40. The number of carbonyl (C=O) groups is 2. The first-order valence-corrected chi connectivity index (χ1v) is 10.1. The minimum Gasteiger partial charge on any atom is -0.489 e. The predicted octanol–water partition coefficient (Wildman–Crippen LogP) is 1.35. The molecule has 1 saturated heterocycles. The molecule has 0 aromatic heterocycles. The quantitative estimate of drug-likeness (QED) is 0.811. The maximum atomic E-state index is 12.9. The number of para-hydroxylation sites is 2. The van der Waals surface area contributed by atoms with Gasteiger partial charge in [0.25, 0.3) is 11.8 Å². The molecule has 3 aliphatic rings. The Kier molecular flexibility index (Phi) is 4.78. The Morgan fingerprint density at radius 3 is 2.61 bits per heavy atom. The lowest BCUT2D eigenvalue weighted by molar-refractivity contribution is -0.124. The summed E-state index contributed by atoms with van der Waals surface area (Å²) in [6.07, 6.45) is 0. The van der Waals surface area contributed by atoms with Crippen molar-refractivity contribution in [3.8, 4) is 5.75 Å². The molecule has 2 aromatic rings. The molecule has 5 rings (SSSR count). The van der Waals surface area contributed by atoms with Gasteiger partial charge in [-0.05, 0) is 17.7 Å². The van der Waals surface area contributed by atoms with Gasteiger partial charge in [-0.2, -0.15) is 0 Å². The maximum absolute atomic E-state index is 12.9. The van der Waals surface area contributed by atoms with Crippen LogP contribution < -0.4 is 15.0 Å². The molecule has 0 bridgehead atoms. The summed E-state index contributed by atoms with van der Waals surface area (Å²) in [6.45, 7) is 1.18. The van der Waals surface area contributed by atoms with Gasteiger partial charge in [0.15, 0.2) is 0 Å². The van der Waals surface area contributed by atoms with E-state index < -0.39 is 17.4 Å². The number of amides is 2. The van der Waals surface area contributed by atoms with Gasteiger partial charge in [0, 0.05) is 7.05 Å². The molecular formula is C23H22N4O4. The first-order valence-electron chi connectivity index (χ1n) is 10.1. The van der Waals surface area contributed by atoms with Crippen molar-refractivity contribution in [2.75, 3.05) is 38.3 Å². The summed E-state index contributed by atoms with van der Waals surface area (Å²) in [5.74, 6) is 0.548. The highest BCUT2D eigenvalue weighted by atomic mass is 16.5. The van der Waals surface area contributed by atoms with E-state index in [-0.39, 0.29) is 24.8 Å². The van der Waals surface area contributed by atoms with Gasteiger partial charge in [-0.1, -0.05) is 42.5 Å². The lowest BCUT2D eigenvalue weighted by Crippen LogP contribution is -2.52. The van der Waals surface area contributed by atoms with Crippen molar-refractivity contribution in [2.45, 2.75) is 11.5 Å². The second kappa shape index (κ2) is 7.63. The number of aliphatic imine (C=N–C) groups is 2. The van der Waals surface area contributed by atoms with E-state index in [1.807, 2.05) is 48.5 Å². The number of nitrogens with one attached hydrogen (secondary N) is 1. The molecule has 8 nitrogen and oxygen atoms in total. The predicted molar refractivity (Wildman–Crippen MR) is 116 cm³/mol. The zero-order valence-electron chi connectivity index (χ0n) is 17.1. The van der Waals surface area contributed by atoms with Gasteiger partial charge in [-0.25, -0.2) is 4.99 Å². The van der Waals surface area contributed by atoms with Crippen molar-refractivity contribution >= 4 is 29.0 Å². The van der Waals surface area contributed by atoms with Crippen LogP contribution in [-0.2, 0) is 19.7 Å². The van der Waals surface area contributed by atoms with Crippen LogP contribution in [-0.4, -0.2) is 62.8 Å². The van der Waals surface area contributed by atoms with Gasteiger partial charge in [-0.3, -0.25) is 14.6 Å². The van der Waals surface area contributed by atoms with Crippen molar-refractivity contribution in [1.29, 1.82) is 0 Å². The molecule has 3 aliphatic heterocycles.